The van der Waals surface area contributed by atoms with Gasteiger partial charge in [0.25, 0.3) is 0 Å². The van der Waals surface area contributed by atoms with Crippen LogP contribution in [0.1, 0.15) is 22.9 Å². The standard InChI is InChI=1S/C12H14FN3/c1-8-3-4-9(5-10(8)13)12(14)11-6-16(2)7-15-11/h3-7,12H,14H2,1-2H3. The Hall–Kier alpha value is -1.68. The lowest BCUT2D eigenvalue weighted by molar-refractivity contribution is 0.614. The lowest BCUT2D eigenvalue weighted by Crippen LogP contribution is -2.12. The molecule has 1 aromatic heterocycles. The van der Waals surface area contributed by atoms with Gasteiger partial charge in [0.15, 0.2) is 0 Å². The number of hydrogen-bond donors (Lipinski definition) is 1. The van der Waals surface area contributed by atoms with Crippen LogP contribution in [0.2, 0.25) is 0 Å². The van der Waals surface area contributed by atoms with Gasteiger partial charge in [-0.2, -0.15) is 0 Å². The first-order chi connectivity index (χ1) is 7.58. The van der Waals surface area contributed by atoms with Crippen LogP contribution in [0.5, 0.6) is 0 Å². The molecule has 2 rings (SSSR count). The molecule has 3 nitrogen and oxygen atoms in total. The first kappa shape index (κ1) is 10.8. The van der Waals surface area contributed by atoms with Crippen molar-refractivity contribution in [3.8, 4) is 0 Å². The van der Waals surface area contributed by atoms with Crippen LogP contribution in [0, 0.1) is 12.7 Å². The minimum Gasteiger partial charge on any atom is -0.340 e. The molecule has 0 radical (unpaired) electrons. The van der Waals surface area contributed by atoms with Gasteiger partial charge in [-0.3, -0.25) is 0 Å². The molecule has 0 aliphatic rings. The molecule has 1 atom stereocenters. The normalized spacial score (nSPS) is 12.8. The third-order valence-electron chi connectivity index (χ3n) is 2.60. The maximum absolute atomic E-state index is 13.4. The fourth-order valence-electron chi connectivity index (χ4n) is 1.57. The fourth-order valence-corrected chi connectivity index (χ4v) is 1.57. The van der Waals surface area contributed by atoms with Crippen molar-refractivity contribution in [2.75, 3.05) is 0 Å². The first-order valence-electron chi connectivity index (χ1n) is 5.07. The first-order valence-corrected chi connectivity index (χ1v) is 5.07. The van der Waals surface area contributed by atoms with E-state index in [2.05, 4.69) is 4.98 Å². The number of nitrogens with zero attached hydrogens (tertiary/aromatic N) is 2. The Kier molecular flexibility index (Phi) is 2.75. The summed E-state index contributed by atoms with van der Waals surface area (Å²) < 4.78 is 15.2. The Balaban J connectivity index is 2.33. The number of nitrogens with two attached hydrogens (primary N) is 1. The van der Waals surface area contributed by atoms with Crippen molar-refractivity contribution in [2.24, 2.45) is 12.8 Å². The molecule has 0 saturated carbocycles. The van der Waals surface area contributed by atoms with Crippen molar-refractivity contribution >= 4 is 0 Å². The van der Waals surface area contributed by atoms with Gasteiger partial charge in [-0.25, -0.2) is 9.37 Å². The van der Waals surface area contributed by atoms with E-state index in [9.17, 15) is 4.39 Å². The molecule has 0 spiro atoms. The average Bonchev–Trinajstić information content (AvgIpc) is 2.68. The summed E-state index contributed by atoms with van der Waals surface area (Å²) in [6.45, 7) is 1.73. The largest absolute Gasteiger partial charge is 0.340 e. The molecule has 0 aliphatic carbocycles. The molecule has 1 unspecified atom stereocenters. The molecule has 0 fully saturated rings. The number of rotatable bonds is 2. The topological polar surface area (TPSA) is 43.8 Å². The summed E-state index contributed by atoms with van der Waals surface area (Å²) in [7, 11) is 1.87. The van der Waals surface area contributed by atoms with Gasteiger partial charge in [0.2, 0.25) is 0 Å². The molecule has 0 bridgehead atoms. The van der Waals surface area contributed by atoms with Crippen molar-refractivity contribution < 1.29 is 4.39 Å². The van der Waals surface area contributed by atoms with Crippen LogP contribution in [0.25, 0.3) is 0 Å². The zero-order chi connectivity index (χ0) is 11.7. The van der Waals surface area contributed by atoms with E-state index in [4.69, 9.17) is 5.73 Å². The number of imidazole rings is 1. The molecule has 4 heteroatoms. The van der Waals surface area contributed by atoms with Crippen molar-refractivity contribution in [3.63, 3.8) is 0 Å². The van der Waals surface area contributed by atoms with Gasteiger partial charge in [-0.05, 0) is 24.1 Å². The second-order valence-corrected chi connectivity index (χ2v) is 3.95. The van der Waals surface area contributed by atoms with Crippen LogP contribution in [0.3, 0.4) is 0 Å². The van der Waals surface area contributed by atoms with E-state index in [0.29, 0.717) is 5.56 Å². The fraction of sp³-hybridized carbons (Fsp3) is 0.250. The van der Waals surface area contributed by atoms with E-state index in [1.807, 2.05) is 23.9 Å². The molecule has 1 aromatic carbocycles. The van der Waals surface area contributed by atoms with Gasteiger partial charge < -0.3 is 10.3 Å². The number of halogens is 1. The lowest BCUT2D eigenvalue weighted by atomic mass is 10.0. The summed E-state index contributed by atoms with van der Waals surface area (Å²) in [5, 5.41) is 0. The van der Waals surface area contributed by atoms with Crippen LogP contribution in [-0.4, -0.2) is 9.55 Å². The van der Waals surface area contributed by atoms with E-state index in [1.54, 1.807) is 19.3 Å². The number of aryl methyl sites for hydroxylation is 2. The van der Waals surface area contributed by atoms with Crippen molar-refractivity contribution in [3.05, 3.63) is 53.4 Å². The summed E-state index contributed by atoms with van der Waals surface area (Å²) >= 11 is 0. The maximum atomic E-state index is 13.4. The monoisotopic (exact) mass is 219 g/mol. The Morgan fingerprint density at radius 3 is 2.75 bits per heavy atom. The molecular weight excluding hydrogens is 205 g/mol. The number of benzene rings is 1. The molecular formula is C12H14FN3. The summed E-state index contributed by atoms with van der Waals surface area (Å²) in [6.07, 6.45) is 3.52. The van der Waals surface area contributed by atoms with Crippen molar-refractivity contribution in [1.82, 2.24) is 9.55 Å². The van der Waals surface area contributed by atoms with Gasteiger partial charge in [0.05, 0.1) is 18.1 Å². The second-order valence-electron chi connectivity index (χ2n) is 3.95. The van der Waals surface area contributed by atoms with E-state index in [1.165, 1.54) is 6.07 Å². The Morgan fingerprint density at radius 2 is 2.19 bits per heavy atom. The molecule has 0 aliphatic heterocycles. The van der Waals surface area contributed by atoms with E-state index in [-0.39, 0.29) is 11.9 Å². The third kappa shape index (κ3) is 1.97. The van der Waals surface area contributed by atoms with E-state index < -0.39 is 0 Å². The molecule has 2 aromatic rings. The minimum atomic E-state index is -0.378. The highest BCUT2D eigenvalue weighted by Gasteiger charge is 2.12. The van der Waals surface area contributed by atoms with Crippen LogP contribution in [0.4, 0.5) is 4.39 Å². The Morgan fingerprint density at radius 1 is 1.44 bits per heavy atom. The zero-order valence-corrected chi connectivity index (χ0v) is 9.31. The Labute approximate surface area is 93.7 Å². The summed E-state index contributed by atoms with van der Waals surface area (Å²) in [5.74, 6) is -0.233. The number of hydrogen-bond acceptors (Lipinski definition) is 2. The highest BCUT2D eigenvalue weighted by molar-refractivity contribution is 5.30. The van der Waals surface area contributed by atoms with Crippen molar-refractivity contribution in [2.45, 2.75) is 13.0 Å². The van der Waals surface area contributed by atoms with Gasteiger partial charge in [-0.15, -0.1) is 0 Å². The molecule has 1 heterocycles. The quantitative estimate of drug-likeness (QED) is 0.838. The molecule has 16 heavy (non-hydrogen) atoms. The highest BCUT2D eigenvalue weighted by Crippen LogP contribution is 2.19. The van der Waals surface area contributed by atoms with Crippen LogP contribution in [0.15, 0.2) is 30.7 Å². The van der Waals surface area contributed by atoms with Gasteiger partial charge in [0.1, 0.15) is 5.82 Å². The van der Waals surface area contributed by atoms with E-state index in [0.717, 1.165) is 11.3 Å². The smallest absolute Gasteiger partial charge is 0.126 e. The van der Waals surface area contributed by atoms with Gasteiger partial charge >= 0.3 is 0 Å². The summed E-state index contributed by atoms with van der Waals surface area (Å²) in [4.78, 5) is 4.16. The average molecular weight is 219 g/mol. The van der Waals surface area contributed by atoms with Crippen LogP contribution in [-0.2, 0) is 7.05 Å². The second kappa shape index (κ2) is 4.06. The summed E-state index contributed by atoms with van der Waals surface area (Å²) in [5.41, 5.74) is 8.11. The number of aromatic nitrogens is 2. The van der Waals surface area contributed by atoms with Crippen LogP contribution >= 0.6 is 0 Å². The molecule has 2 N–H and O–H groups in total. The van der Waals surface area contributed by atoms with Crippen molar-refractivity contribution in [1.29, 1.82) is 0 Å². The zero-order valence-electron chi connectivity index (χ0n) is 9.31. The maximum Gasteiger partial charge on any atom is 0.126 e. The minimum absolute atomic E-state index is 0.233. The molecule has 0 saturated heterocycles. The molecule has 0 amide bonds. The highest BCUT2D eigenvalue weighted by atomic mass is 19.1. The van der Waals surface area contributed by atoms with Crippen LogP contribution < -0.4 is 5.73 Å². The molecule has 84 valence electrons. The SMILES string of the molecule is Cc1ccc(C(N)c2cn(C)cn2)cc1F. The van der Waals surface area contributed by atoms with E-state index >= 15 is 0 Å². The third-order valence-corrected chi connectivity index (χ3v) is 2.60. The predicted octanol–water partition coefficient (Wildman–Crippen LogP) is 1.92. The summed E-state index contributed by atoms with van der Waals surface area (Å²) in [6, 6.07) is 4.65. The van der Waals surface area contributed by atoms with Gasteiger partial charge in [0, 0.05) is 13.2 Å². The Bertz CT molecular complexity index is 505. The lowest BCUT2D eigenvalue weighted by Gasteiger charge is -2.10. The van der Waals surface area contributed by atoms with Gasteiger partial charge in [-0.1, -0.05) is 12.1 Å². The predicted molar refractivity (Wildman–Crippen MR) is 60.4 cm³/mol.